The summed E-state index contributed by atoms with van der Waals surface area (Å²) < 4.78 is 3.12. The molecule has 0 bridgehead atoms. The van der Waals surface area contributed by atoms with Crippen molar-refractivity contribution in [1.29, 1.82) is 0 Å². The molecule has 2 heterocycles. The quantitative estimate of drug-likeness (QED) is 0.830. The van der Waals surface area contributed by atoms with Crippen LogP contribution in [0.1, 0.15) is 23.1 Å². The van der Waals surface area contributed by atoms with Crippen molar-refractivity contribution in [2.24, 2.45) is 14.1 Å². The van der Waals surface area contributed by atoms with E-state index in [4.69, 9.17) is 5.73 Å². The minimum Gasteiger partial charge on any atom is -0.396 e. The van der Waals surface area contributed by atoms with Gasteiger partial charge in [-0.25, -0.2) is 0 Å². The molecule has 2 rings (SSSR count). The molecule has 0 saturated heterocycles. The molecule has 7 nitrogen and oxygen atoms in total. The number of hydrogen-bond donors (Lipinski definition) is 2. The lowest BCUT2D eigenvalue weighted by molar-refractivity contribution is 0.101. The van der Waals surface area contributed by atoms with Crippen LogP contribution in [0.5, 0.6) is 0 Å². The second-order valence-electron chi connectivity index (χ2n) is 4.04. The van der Waals surface area contributed by atoms with Gasteiger partial charge in [0.15, 0.2) is 0 Å². The van der Waals surface area contributed by atoms with Crippen LogP contribution < -0.4 is 11.1 Å². The first kappa shape index (κ1) is 12.2. The molecule has 0 saturated carbocycles. The first-order valence-electron chi connectivity index (χ1n) is 5.64. The van der Waals surface area contributed by atoms with Crippen LogP contribution in [0.2, 0.25) is 0 Å². The second kappa shape index (κ2) is 4.52. The van der Waals surface area contributed by atoms with Gasteiger partial charge in [0, 0.05) is 20.3 Å². The van der Waals surface area contributed by atoms with Gasteiger partial charge in [0.1, 0.15) is 5.69 Å². The summed E-state index contributed by atoms with van der Waals surface area (Å²) in [5, 5.41) is 11.0. The lowest BCUT2D eigenvalue weighted by atomic mass is 10.3. The van der Waals surface area contributed by atoms with Crippen molar-refractivity contribution in [3.8, 4) is 0 Å². The van der Waals surface area contributed by atoms with E-state index in [9.17, 15) is 4.79 Å². The number of anilines is 2. The summed E-state index contributed by atoms with van der Waals surface area (Å²) in [6.07, 6.45) is 3.97. The average Bonchev–Trinajstić information content (AvgIpc) is 2.82. The molecule has 2 aromatic heterocycles. The Morgan fingerprint density at radius 3 is 2.78 bits per heavy atom. The van der Waals surface area contributed by atoms with E-state index in [1.54, 1.807) is 17.9 Å². The molecule has 2 aromatic rings. The first-order chi connectivity index (χ1) is 8.52. The van der Waals surface area contributed by atoms with Crippen LogP contribution >= 0.6 is 0 Å². The molecule has 0 atom stereocenters. The summed E-state index contributed by atoms with van der Waals surface area (Å²) in [6, 6.07) is 0. The Labute approximate surface area is 105 Å². The van der Waals surface area contributed by atoms with Crippen LogP contribution in [-0.2, 0) is 20.5 Å². The number of nitrogens with two attached hydrogens (primary N) is 1. The summed E-state index contributed by atoms with van der Waals surface area (Å²) in [4.78, 5) is 12.1. The maximum absolute atomic E-state index is 12.1. The van der Waals surface area contributed by atoms with Crippen molar-refractivity contribution in [3.63, 3.8) is 0 Å². The third-order valence-electron chi connectivity index (χ3n) is 2.67. The molecule has 18 heavy (non-hydrogen) atoms. The molecule has 0 radical (unpaired) electrons. The zero-order valence-electron chi connectivity index (χ0n) is 10.6. The molecule has 96 valence electrons. The fourth-order valence-electron chi connectivity index (χ4n) is 1.81. The van der Waals surface area contributed by atoms with E-state index in [0.717, 1.165) is 12.1 Å². The van der Waals surface area contributed by atoms with E-state index in [1.807, 2.05) is 14.0 Å². The number of amides is 1. The van der Waals surface area contributed by atoms with Crippen molar-refractivity contribution < 1.29 is 4.79 Å². The molecular formula is C11H16N6O. The average molecular weight is 248 g/mol. The van der Waals surface area contributed by atoms with Crippen LogP contribution in [0.4, 0.5) is 11.4 Å². The van der Waals surface area contributed by atoms with Crippen molar-refractivity contribution >= 4 is 17.3 Å². The monoisotopic (exact) mass is 248 g/mol. The van der Waals surface area contributed by atoms with Gasteiger partial charge < -0.3 is 11.1 Å². The number of carbonyl (C=O) groups excluding carboxylic acids is 1. The van der Waals surface area contributed by atoms with Gasteiger partial charge in [0.2, 0.25) is 0 Å². The number of nitrogens with zero attached hydrogens (tertiary/aromatic N) is 4. The molecule has 1 amide bonds. The molecule has 0 aromatic carbocycles. The molecule has 3 N–H and O–H groups in total. The Morgan fingerprint density at radius 2 is 2.22 bits per heavy atom. The van der Waals surface area contributed by atoms with Crippen molar-refractivity contribution in [2.45, 2.75) is 13.3 Å². The number of nitrogen functional groups attached to an aromatic ring is 1. The van der Waals surface area contributed by atoms with Crippen LogP contribution in [0.25, 0.3) is 0 Å². The van der Waals surface area contributed by atoms with E-state index in [1.165, 1.54) is 10.9 Å². The number of hydrogen-bond acceptors (Lipinski definition) is 4. The Bertz CT molecular complexity index is 563. The van der Waals surface area contributed by atoms with Gasteiger partial charge in [-0.3, -0.25) is 14.2 Å². The maximum Gasteiger partial charge on any atom is 0.276 e. The largest absolute Gasteiger partial charge is 0.396 e. The van der Waals surface area contributed by atoms with Gasteiger partial charge in [-0.05, 0) is 6.42 Å². The summed E-state index contributed by atoms with van der Waals surface area (Å²) in [6.45, 7) is 1.98. The van der Waals surface area contributed by atoms with E-state index in [2.05, 4.69) is 15.5 Å². The minimum atomic E-state index is -0.282. The molecule has 0 aliphatic heterocycles. The van der Waals surface area contributed by atoms with E-state index in [0.29, 0.717) is 17.1 Å². The van der Waals surface area contributed by atoms with Crippen LogP contribution in [0.15, 0.2) is 12.4 Å². The number of carbonyl (C=O) groups is 1. The lowest BCUT2D eigenvalue weighted by Gasteiger charge is -2.05. The van der Waals surface area contributed by atoms with E-state index >= 15 is 0 Å². The zero-order chi connectivity index (χ0) is 13.3. The number of nitrogens with one attached hydrogen (secondary N) is 1. The predicted molar refractivity (Wildman–Crippen MR) is 68.2 cm³/mol. The van der Waals surface area contributed by atoms with Crippen LogP contribution in [-0.4, -0.2) is 25.5 Å². The third kappa shape index (κ3) is 2.06. The highest BCUT2D eigenvalue weighted by Crippen LogP contribution is 2.17. The molecular weight excluding hydrogens is 232 g/mol. The standard InChI is InChI=1S/C11H16N6O/c1-4-8-9(6-16(2)15-8)14-11(18)10-7(12)5-13-17(10)3/h5-6H,4,12H2,1-3H3,(H,14,18). The van der Waals surface area contributed by atoms with Gasteiger partial charge in [-0.2, -0.15) is 10.2 Å². The summed E-state index contributed by atoms with van der Waals surface area (Å²) in [5.41, 5.74) is 7.95. The normalized spacial score (nSPS) is 10.6. The van der Waals surface area contributed by atoms with E-state index < -0.39 is 0 Å². The van der Waals surface area contributed by atoms with Crippen molar-refractivity contribution in [3.05, 3.63) is 23.8 Å². The highest BCUT2D eigenvalue weighted by Gasteiger charge is 2.17. The van der Waals surface area contributed by atoms with Crippen LogP contribution in [0.3, 0.4) is 0 Å². The fourth-order valence-corrected chi connectivity index (χ4v) is 1.81. The Kier molecular flexibility index (Phi) is 3.05. The molecule has 0 unspecified atom stereocenters. The number of rotatable bonds is 3. The summed E-state index contributed by atoms with van der Waals surface area (Å²) in [5.74, 6) is -0.282. The Hall–Kier alpha value is -2.31. The van der Waals surface area contributed by atoms with Crippen molar-refractivity contribution in [1.82, 2.24) is 19.6 Å². The fraction of sp³-hybridized carbons (Fsp3) is 0.364. The van der Waals surface area contributed by atoms with Gasteiger partial charge >= 0.3 is 0 Å². The second-order valence-corrected chi connectivity index (χ2v) is 4.04. The minimum absolute atomic E-state index is 0.282. The Morgan fingerprint density at radius 1 is 1.50 bits per heavy atom. The lowest BCUT2D eigenvalue weighted by Crippen LogP contribution is -2.18. The summed E-state index contributed by atoms with van der Waals surface area (Å²) in [7, 11) is 3.49. The first-order valence-corrected chi connectivity index (χ1v) is 5.64. The van der Waals surface area contributed by atoms with Gasteiger partial charge in [0.25, 0.3) is 5.91 Å². The van der Waals surface area contributed by atoms with Crippen molar-refractivity contribution in [2.75, 3.05) is 11.1 Å². The molecule has 0 aliphatic carbocycles. The third-order valence-corrected chi connectivity index (χ3v) is 2.67. The smallest absolute Gasteiger partial charge is 0.276 e. The molecule has 0 spiro atoms. The zero-order valence-corrected chi connectivity index (χ0v) is 10.6. The van der Waals surface area contributed by atoms with Crippen LogP contribution in [0, 0.1) is 0 Å². The number of aryl methyl sites for hydroxylation is 3. The molecule has 7 heteroatoms. The highest BCUT2D eigenvalue weighted by molar-refractivity contribution is 6.06. The SMILES string of the molecule is CCc1nn(C)cc1NC(=O)c1c(N)cnn1C. The topological polar surface area (TPSA) is 90.8 Å². The van der Waals surface area contributed by atoms with Gasteiger partial charge in [-0.1, -0.05) is 6.92 Å². The molecule has 0 aliphatic rings. The number of aromatic nitrogens is 4. The summed E-state index contributed by atoms with van der Waals surface area (Å²) >= 11 is 0. The van der Waals surface area contributed by atoms with E-state index in [-0.39, 0.29) is 5.91 Å². The van der Waals surface area contributed by atoms with Gasteiger partial charge in [-0.15, -0.1) is 0 Å². The van der Waals surface area contributed by atoms with Gasteiger partial charge in [0.05, 0.1) is 23.3 Å². The molecule has 0 fully saturated rings. The maximum atomic E-state index is 12.1. The Balaban J connectivity index is 2.26. The predicted octanol–water partition coefficient (Wildman–Crippen LogP) is 0.550. The highest BCUT2D eigenvalue weighted by atomic mass is 16.2.